The Labute approximate surface area is 133 Å². The molecule has 0 unspecified atom stereocenters. The van der Waals surface area contributed by atoms with Crippen LogP contribution in [0.3, 0.4) is 0 Å². The SMILES string of the molecule is NS(=O)(=O)c1ccc(C(=O)COC(=O)Cc2ccccc2)cc1. The Morgan fingerprint density at radius 2 is 1.57 bits per heavy atom. The van der Waals surface area contributed by atoms with Gasteiger partial charge in [-0.2, -0.15) is 0 Å². The summed E-state index contributed by atoms with van der Waals surface area (Å²) in [4.78, 5) is 23.5. The second-order valence-corrected chi connectivity index (χ2v) is 6.38. The maximum Gasteiger partial charge on any atom is 0.310 e. The fourth-order valence-electron chi connectivity index (χ4n) is 1.87. The lowest BCUT2D eigenvalue weighted by atomic mass is 10.1. The largest absolute Gasteiger partial charge is 0.457 e. The second-order valence-electron chi connectivity index (χ2n) is 4.82. The number of hydrogen-bond donors (Lipinski definition) is 1. The van der Waals surface area contributed by atoms with Crippen molar-refractivity contribution in [2.75, 3.05) is 6.61 Å². The number of ketones is 1. The molecule has 0 aromatic heterocycles. The molecular formula is C16H15NO5S. The molecule has 2 aromatic rings. The van der Waals surface area contributed by atoms with Gasteiger partial charge < -0.3 is 4.74 Å². The molecule has 2 rings (SSSR count). The van der Waals surface area contributed by atoms with Crippen molar-refractivity contribution < 1.29 is 22.7 Å². The predicted molar refractivity (Wildman–Crippen MR) is 83.3 cm³/mol. The molecule has 2 aromatic carbocycles. The van der Waals surface area contributed by atoms with E-state index in [4.69, 9.17) is 9.88 Å². The van der Waals surface area contributed by atoms with Gasteiger partial charge in [0.15, 0.2) is 12.4 Å². The number of esters is 1. The number of benzene rings is 2. The van der Waals surface area contributed by atoms with Crippen molar-refractivity contribution in [1.29, 1.82) is 0 Å². The molecule has 0 aliphatic rings. The molecule has 0 radical (unpaired) electrons. The van der Waals surface area contributed by atoms with E-state index in [2.05, 4.69) is 0 Å². The van der Waals surface area contributed by atoms with E-state index in [0.29, 0.717) is 0 Å². The van der Waals surface area contributed by atoms with Gasteiger partial charge in [0.25, 0.3) is 0 Å². The number of primary sulfonamides is 1. The molecule has 0 amide bonds. The van der Waals surface area contributed by atoms with Gasteiger partial charge >= 0.3 is 5.97 Å². The minimum absolute atomic E-state index is 0.0818. The van der Waals surface area contributed by atoms with E-state index >= 15 is 0 Å². The van der Waals surface area contributed by atoms with Gasteiger partial charge in [0.2, 0.25) is 10.0 Å². The van der Waals surface area contributed by atoms with Gasteiger partial charge in [-0.3, -0.25) is 9.59 Å². The Balaban J connectivity index is 1.91. The molecule has 0 fully saturated rings. The molecular weight excluding hydrogens is 318 g/mol. The summed E-state index contributed by atoms with van der Waals surface area (Å²) in [5, 5.41) is 4.97. The van der Waals surface area contributed by atoms with E-state index in [1.807, 2.05) is 6.07 Å². The number of carbonyl (C=O) groups excluding carboxylic acids is 2. The normalized spacial score (nSPS) is 11.0. The van der Waals surface area contributed by atoms with E-state index in [1.54, 1.807) is 24.3 Å². The molecule has 2 N–H and O–H groups in total. The summed E-state index contributed by atoms with van der Waals surface area (Å²) in [5.74, 6) is -0.932. The lowest BCUT2D eigenvalue weighted by molar-refractivity contribution is -0.141. The zero-order chi connectivity index (χ0) is 16.9. The smallest absolute Gasteiger partial charge is 0.310 e. The Hall–Kier alpha value is -2.51. The molecule has 0 aliphatic heterocycles. The van der Waals surface area contributed by atoms with Crippen LogP contribution in [0.15, 0.2) is 59.5 Å². The molecule has 7 heteroatoms. The Morgan fingerprint density at radius 3 is 2.13 bits per heavy atom. The van der Waals surface area contributed by atoms with Crippen LogP contribution in [0, 0.1) is 0 Å². The Morgan fingerprint density at radius 1 is 0.957 bits per heavy atom. The number of sulfonamides is 1. The zero-order valence-electron chi connectivity index (χ0n) is 12.1. The van der Waals surface area contributed by atoms with Crippen LogP contribution in [0.25, 0.3) is 0 Å². The van der Waals surface area contributed by atoms with Crippen LogP contribution in [0.4, 0.5) is 0 Å². The van der Waals surface area contributed by atoms with Gasteiger partial charge in [-0.05, 0) is 29.8 Å². The van der Waals surface area contributed by atoms with Gasteiger partial charge in [0.05, 0.1) is 11.3 Å². The second kappa shape index (κ2) is 7.17. The number of rotatable bonds is 6. The third-order valence-electron chi connectivity index (χ3n) is 3.06. The van der Waals surface area contributed by atoms with Crippen molar-refractivity contribution in [2.24, 2.45) is 5.14 Å². The Kier molecular flexibility index (Phi) is 5.25. The monoisotopic (exact) mass is 333 g/mol. The molecule has 0 saturated heterocycles. The number of carbonyl (C=O) groups is 2. The van der Waals surface area contributed by atoms with Crippen LogP contribution in [0.2, 0.25) is 0 Å². The fraction of sp³-hybridized carbons (Fsp3) is 0.125. The van der Waals surface area contributed by atoms with E-state index < -0.39 is 28.4 Å². The van der Waals surface area contributed by atoms with Crippen molar-refractivity contribution in [3.8, 4) is 0 Å². The number of nitrogens with two attached hydrogens (primary N) is 1. The summed E-state index contributed by atoms with van der Waals surface area (Å²) < 4.78 is 27.2. The summed E-state index contributed by atoms with van der Waals surface area (Å²) in [7, 11) is -3.80. The quantitative estimate of drug-likeness (QED) is 0.634. The van der Waals surface area contributed by atoms with Crippen molar-refractivity contribution >= 4 is 21.8 Å². The van der Waals surface area contributed by atoms with E-state index in [0.717, 1.165) is 5.56 Å². The fourth-order valence-corrected chi connectivity index (χ4v) is 2.39. The van der Waals surface area contributed by atoms with E-state index in [-0.39, 0.29) is 16.9 Å². The molecule has 120 valence electrons. The highest BCUT2D eigenvalue weighted by molar-refractivity contribution is 7.89. The topological polar surface area (TPSA) is 104 Å². The average Bonchev–Trinajstić information content (AvgIpc) is 2.53. The van der Waals surface area contributed by atoms with Crippen molar-refractivity contribution in [3.63, 3.8) is 0 Å². The maximum atomic E-state index is 11.9. The molecule has 0 saturated carbocycles. The first-order chi connectivity index (χ1) is 10.9. The molecule has 0 aliphatic carbocycles. The van der Waals surface area contributed by atoms with Gasteiger partial charge in [-0.15, -0.1) is 0 Å². The Bertz CT molecular complexity index is 798. The molecule has 0 spiro atoms. The third-order valence-corrected chi connectivity index (χ3v) is 3.99. The minimum atomic E-state index is -3.80. The van der Waals surface area contributed by atoms with Crippen LogP contribution in [0.5, 0.6) is 0 Å². The predicted octanol–water partition coefficient (Wildman–Crippen LogP) is 1.30. The first-order valence-electron chi connectivity index (χ1n) is 6.72. The highest BCUT2D eigenvalue weighted by atomic mass is 32.2. The summed E-state index contributed by atoms with van der Waals surface area (Å²) >= 11 is 0. The third kappa shape index (κ3) is 5.01. The molecule has 0 atom stereocenters. The average molecular weight is 333 g/mol. The van der Waals surface area contributed by atoms with Crippen LogP contribution in [-0.2, 0) is 26.0 Å². The summed E-state index contributed by atoms with van der Waals surface area (Å²) in [6.07, 6.45) is 0.0818. The van der Waals surface area contributed by atoms with Crippen LogP contribution < -0.4 is 5.14 Å². The zero-order valence-corrected chi connectivity index (χ0v) is 13.0. The number of hydrogen-bond acceptors (Lipinski definition) is 5. The van der Waals surface area contributed by atoms with Crippen molar-refractivity contribution in [3.05, 3.63) is 65.7 Å². The molecule has 0 heterocycles. The van der Waals surface area contributed by atoms with Gasteiger partial charge in [0.1, 0.15) is 0 Å². The van der Waals surface area contributed by atoms with Crippen LogP contribution in [-0.4, -0.2) is 26.8 Å². The lowest BCUT2D eigenvalue weighted by Gasteiger charge is -2.05. The lowest BCUT2D eigenvalue weighted by Crippen LogP contribution is -2.16. The van der Waals surface area contributed by atoms with E-state index in [9.17, 15) is 18.0 Å². The first-order valence-corrected chi connectivity index (χ1v) is 8.26. The standard InChI is InChI=1S/C16H15NO5S/c17-23(20,21)14-8-6-13(7-9-14)15(18)11-22-16(19)10-12-4-2-1-3-5-12/h1-9H,10-11H2,(H2,17,20,21). The molecule has 0 bridgehead atoms. The van der Waals surface area contributed by atoms with Crippen LogP contribution in [0.1, 0.15) is 15.9 Å². The number of Topliss-reactive ketones (excluding diaryl/α,β-unsaturated/α-hetero) is 1. The number of ether oxygens (including phenoxy) is 1. The minimum Gasteiger partial charge on any atom is -0.457 e. The highest BCUT2D eigenvalue weighted by Gasteiger charge is 2.12. The van der Waals surface area contributed by atoms with E-state index in [1.165, 1.54) is 24.3 Å². The van der Waals surface area contributed by atoms with Gasteiger partial charge in [0, 0.05) is 5.56 Å². The van der Waals surface area contributed by atoms with Crippen LogP contribution >= 0.6 is 0 Å². The van der Waals surface area contributed by atoms with Gasteiger partial charge in [-0.1, -0.05) is 30.3 Å². The maximum absolute atomic E-state index is 11.9. The summed E-state index contributed by atoms with van der Waals surface area (Å²) in [6, 6.07) is 14.1. The first kappa shape index (κ1) is 16.9. The van der Waals surface area contributed by atoms with Crippen molar-refractivity contribution in [1.82, 2.24) is 0 Å². The molecule has 6 nitrogen and oxygen atoms in total. The summed E-state index contributed by atoms with van der Waals surface area (Å²) in [5.41, 5.74) is 1.03. The highest BCUT2D eigenvalue weighted by Crippen LogP contribution is 2.10. The summed E-state index contributed by atoms with van der Waals surface area (Å²) in [6.45, 7) is -0.402. The molecule has 23 heavy (non-hydrogen) atoms. The van der Waals surface area contributed by atoms with Gasteiger partial charge in [-0.25, -0.2) is 13.6 Å². The van der Waals surface area contributed by atoms with Crippen molar-refractivity contribution in [2.45, 2.75) is 11.3 Å².